The van der Waals surface area contributed by atoms with Crippen molar-refractivity contribution in [1.29, 1.82) is 0 Å². The summed E-state index contributed by atoms with van der Waals surface area (Å²) in [6.45, 7) is 1.38. The van der Waals surface area contributed by atoms with Crippen LogP contribution in [-0.4, -0.2) is 57.8 Å². The molecule has 14 heteroatoms. The van der Waals surface area contributed by atoms with E-state index in [1.54, 1.807) is 0 Å². The van der Waals surface area contributed by atoms with Gasteiger partial charge in [-0.3, -0.25) is 9.59 Å². The molecule has 1 aromatic carbocycles. The fourth-order valence-corrected chi connectivity index (χ4v) is 4.79. The number of hydroxylamine groups is 1. The number of carbonyl (C=O) groups excluding carboxylic acids is 1. The quantitative estimate of drug-likeness (QED) is 0.400. The molecule has 204 valence electrons. The van der Waals surface area contributed by atoms with Crippen molar-refractivity contribution in [2.75, 3.05) is 12.9 Å². The minimum atomic E-state index is -3.98. The van der Waals surface area contributed by atoms with Gasteiger partial charge in [-0.25, -0.2) is 27.5 Å². The number of amides is 1. The molecule has 0 radical (unpaired) electrons. The van der Waals surface area contributed by atoms with E-state index in [0.717, 1.165) is 46.8 Å². The molecular weight excluding hydrogens is 524 g/mol. The smallest absolute Gasteiger partial charge is 0.264 e. The molecule has 3 aromatic rings. The maximum absolute atomic E-state index is 15.0. The third kappa shape index (κ3) is 5.81. The number of aromatic nitrogens is 4. The molecule has 1 aliphatic rings. The first-order valence-electron chi connectivity index (χ1n) is 11.8. The van der Waals surface area contributed by atoms with Crippen LogP contribution in [0.4, 0.5) is 8.78 Å². The first kappa shape index (κ1) is 27.5. The molecule has 2 aromatic heterocycles. The normalized spacial score (nSPS) is 17.6. The number of carbonyl (C=O) groups is 1. The number of nitrogens with one attached hydrogen (secondary N) is 1. The van der Waals surface area contributed by atoms with Crippen LogP contribution in [0.3, 0.4) is 0 Å². The molecule has 0 spiro atoms. The SMILES string of the molecule is C[C@@](CCn1cc(F)c(-c2ccc(-n3nccn3)c(F)c2)cc1=O)(C(=O)NOC1CCCCO1)S(C)(=O)=O. The molecule has 1 N–H and O–H groups in total. The second-order valence-corrected chi connectivity index (χ2v) is 11.6. The monoisotopic (exact) mass is 551 g/mol. The van der Waals surface area contributed by atoms with E-state index in [1.165, 1.54) is 31.5 Å². The molecule has 11 nitrogen and oxygen atoms in total. The Balaban J connectivity index is 1.51. The molecule has 0 aliphatic carbocycles. The van der Waals surface area contributed by atoms with Crippen molar-refractivity contribution in [2.45, 2.75) is 50.2 Å². The summed E-state index contributed by atoms with van der Waals surface area (Å²) < 4.78 is 59.1. The van der Waals surface area contributed by atoms with E-state index in [9.17, 15) is 22.4 Å². The van der Waals surface area contributed by atoms with Crippen LogP contribution in [0.1, 0.15) is 32.6 Å². The maximum Gasteiger partial charge on any atom is 0.264 e. The third-order valence-electron chi connectivity index (χ3n) is 6.52. The fourth-order valence-electron chi connectivity index (χ4n) is 3.95. The molecule has 0 saturated carbocycles. The van der Waals surface area contributed by atoms with Crippen molar-refractivity contribution in [3.63, 3.8) is 0 Å². The van der Waals surface area contributed by atoms with E-state index >= 15 is 4.39 Å². The maximum atomic E-state index is 15.0. The van der Waals surface area contributed by atoms with E-state index < -0.39 is 44.0 Å². The van der Waals surface area contributed by atoms with Crippen molar-refractivity contribution in [3.8, 4) is 16.8 Å². The Morgan fingerprint density at radius 3 is 2.58 bits per heavy atom. The van der Waals surface area contributed by atoms with Crippen LogP contribution < -0.4 is 11.0 Å². The molecule has 1 fully saturated rings. The predicted octanol–water partition coefficient (Wildman–Crippen LogP) is 2.14. The average molecular weight is 552 g/mol. The zero-order valence-electron chi connectivity index (χ0n) is 20.8. The van der Waals surface area contributed by atoms with Gasteiger partial charge in [0.1, 0.15) is 11.5 Å². The number of benzene rings is 1. The van der Waals surface area contributed by atoms with E-state index in [4.69, 9.17) is 9.57 Å². The van der Waals surface area contributed by atoms with Crippen molar-refractivity contribution in [1.82, 2.24) is 25.0 Å². The van der Waals surface area contributed by atoms with Gasteiger partial charge in [0, 0.05) is 43.7 Å². The summed E-state index contributed by atoms with van der Waals surface area (Å²) in [6, 6.07) is 4.82. The van der Waals surface area contributed by atoms with Gasteiger partial charge >= 0.3 is 0 Å². The first-order chi connectivity index (χ1) is 18.0. The van der Waals surface area contributed by atoms with E-state index in [0.29, 0.717) is 13.0 Å². The number of hydrogen-bond acceptors (Lipinski definition) is 8. The highest BCUT2D eigenvalue weighted by Crippen LogP contribution is 2.26. The highest BCUT2D eigenvalue weighted by molar-refractivity contribution is 7.92. The van der Waals surface area contributed by atoms with Crippen LogP contribution in [0, 0.1) is 11.6 Å². The topological polar surface area (TPSA) is 134 Å². The Morgan fingerprint density at radius 1 is 1.21 bits per heavy atom. The minimum Gasteiger partial charge on any atom is -0.350 e. The highest BCUT2D eigenvalue weighted by atomic mass is 32.2. The minimum absolute atomic E-state index is 0.0462. The van der Waals surface area contributed by atoms with Gasteiger partial charge < -0.3 is 9.30 Å². The van der Waals surface area contributed by atoms with Crippen LogP contribution in [0.15, 0.2) is 47.7 Å². The number of aryl methyl sites for hydroxylation is 1. The molecule has 1 amide bonds. The van der Waals surface area contributed by atoms with Gasteiger partial charge in [-0.15, -0.1) is 4.80 Å². The van der Waals surface area contributed by atoms with Gasteiger partial charge in [-0.05, 0) is 43.9 Å². The molecule has 1 unspecified atom stereocenters. The van der Waals surface area contributed by atoms with Crippen LogP contribution in [0.5, 0.6) is 0 Å². The third-order valence-corrected chi connectivity index (χ3v) is 8.55. The lowest BCUT2D eigenvalue weighted by molar-refractivity contribution is -0.201. The van der Waals surface area contributed by atoms with Crippen LogP contribution in [-0.2, 0) is 30.8 Å². The summed E-state index contributed by atoms with van der Waals surface area (Å²) in [5.74, 6) is -2.49. The highest BCUT2D eigenvalue weighted by Gasteiger charge is 2.44. The number of sulfone groups is 1. The molecule has 1 aliphatic heterocycles. The standard InChI is InChI=1S/C24H27F2N5O6S/c1-24(38(2,34)35,23(33)29-37-22-5-3-4-12-36-22)8-11-30-15-19(26)17(14-21(30)32)16-6-7-20(18(25)13-16)31-27-9-10-28-31/h6-7,9-10,13-15,22H,3-5,8,11-12H2,1-2H3,(H,29,33)/t22?,24-/m1/s1. The van der Waals surface area contributed by atoms with Crippen molar-refractivity contribution in [3.05, 3.63) is 64.8 Å². The zero-order chi connectivity index (χ0) is 27.5. The Kier molecular flexibility index (Phi) is 8.04. The lowest BCUT2D eigenvalue weighted by Crippen LogP contribution is -2.51. The van der Waals surface area contributed by atoms with Crippen molar-refractivity contribution >= 4 is 15.7 Å². The largest absolute Gasteiger partial charge is 0.350 e. The summed E-state index contributed by atoms with van der Waals surface area (Å²) in [6.07, 6.45) is 5.77. The Morgan fingerprint density at radius 2 is 1.95 bits per heavy atom. The molecule has 1 saturated heterocycles. The predicted molar refractivity (Wildman–Crippen MR) is 132 cm³/mol. The summed E-state index contributed by atoms with van der Waals surface area (Å²) in [5.41, 5.74) is 1.51. The van der Waals surface area contributed by atoms with Gasteiger partial charge in [-0.2, -0.15) is 10.2 Å². The summed E-state index contributed by atoms with van der Waals surface area (Å²) in [4.78, 5) is 31.9. The molecular formula is C24H27F2N5O6S. The molecule has 4 rings (SSSR count). The van der Waals surface area contributed by atoms with Gasteiger partial charge in [0.25, 0.3) is 11.5 Å². The van der Waals surface area contributed by atoms with E-state index in [1.807, 2.05) is 0 Å². The Hall–Kier alpha value is -3.49. The van der Waals surface area contributed by atoms with Crippen LogP contribution >= 0.6 is 0 Å². The van der Waals surface area contributed by atoms with Crippen molar-refractivity contribution in [2.24, 2.45) is 0 Å². The second-order valence-electron chi connectivity index (χ2n) is 9.15. The van der Waals surface area contributed by atoms with Gasteiger partial charge in [0.05, 0.1) is 12.4 Å². The lowest BCUT2D eigenvalue weighted by Gasteiger charge is -2.28. The number of halogens is 2. The summed E-state index contributed by atoms with van der Waals surface area (Å²) >= 11 is 0. The number of hydrogen-bond donors (Lipinski definition) is 1. The summed E-state index contributed by atoms with van der Waals surface area (Å²) in [5, 5.41) is 7.70. The van der Waals surface area contributed by atoms with Gasteiger partial charge in [-0.1, -0.05) is 6.07 Å². The van der Waals surface area contributed by atoms with E-state index in [-0.39, 0.29) is 29.8 Å². The lowest BCUT2D eigenvalue weighted by atomic mass is 10.0. The first-order valence-corrected chi connectivity index (χ1v) is 13.7. The number of pyridine rings is 1. The number of nitrogens with zero attached hydrogens (tertiary/aromatic N) is 4. The zero-order valence-corrected chi connectivity index (χ0v) is 21.6. The number of rotatable bonds is 9. The molecule has 38 heavy (non-hydrogen) atoms. The van der Waals surface area contributed by atoms with Gasteiger partial charge in [0.2, 0.25) is 0 Å². The Labute approximate surface area is 217 Å². The summed E-state index contributed by atoms with van der Waals surface area (Å²) in [7, 11) is -3.98. The van der Waals surface area contributed by atoms with E-state index in [2.05, 4.69) is 15.7 Å². The van der Waals surface area contributed by atoms with Crippen LogP contribution in [0.25, 0.3) is 16.8 Å². The van der Waals surface area contributed by atoms with Crippen LogP contribution in [0.2, 0.25) is 0 Å². The second kappa shape index (κ2) is 11.1. The fraction of sp³-hybridized carbons (Fsp3) is 0.417. The molecule has 2 atom stereocenters. The molecule has 3 heterocycles. The van der Waals surface area contributed by atoms with Crippen molar-refractivity contribution < 1.29 is 31.6 Å². The number of ether oxygens (including phenoxy) is 1. The molecule has 0 bridgehead atoms. The Bertz CT molecular complexity index is 1470. The van der Waals surface area contributed by atoms with Gasteiger partial charge in [0.15, 0.2) is 26.7 Å². The average Bonchev–Trinajstić information content (AvgIpc) is 3.42.